The van der Waals surface area contributed by atoms with Gasteiger partial charge in [0, 0.05) is 25.4 Å². The Labute approximate surface area is 158 Å². The number of hydrogen-bond donors (Lipinski definition) is 1. The summed E-state index contributed by atoms with van der Waals surface area (Å²) in [5.41, 5.74) is 0.819. The number of rotatable bonds is 6. The van der Waals surface area contributed by atoms with Crippen molar-refractivity contribution in [2.75, 3.05) is 13.1 Å². The molecule has 0 saturated carbocycles. The second-order valence-electron chi connectivity index (χ2n) is 7.16. The molecule has 1 saturated heterocycles. The van der Waals surface area contributed by atoms with Crippen LogP contribution in [0.5, 0.6) is 0 Å². The van der Waals surface area contributed by atoms with Crippen molar-refractivity contribution < 1.29 is 0 Å². The molecular weight excluding hydrogens is 340 g/mol. The maximum Gasteiger partial charge on any atom is 0.350 e. The number of aromatic nitrogens is 5. The summed E-state index contributed by atoms with van der Waals surface area (Å²) < 4.78 is 5.42. The number of nitrogens with zero attached hydrogens (tertiary/aromatic N) is 5. The van der Waals surface area contributed by atoms with Crippen molar-refractivity contribution in [1.82, 2.24) is 29.2 Å². The predicted octanol–water partition coefficient (Wildman–Crippen LogP) is 1.78. The zero-order valence-corrected chi connectivity index (χ0v) is 15.7. The highest BCUT2D eigenvalue weighted by Crippen LogP contribution is 2.18. The van der Waals surface area contributed by atoms with Crippen LogP contribution in [0.25, 0.3) is 5.69 Å². The van der Waals surface area contributed by atoms with Gasteiger partial charge in [0.1, 0.15) is 11.6 Å². The van der Waals surface area contributed by atoms with Crippen LogP contribution in [0.4, 0.5) is 0 Å². The van der Waals surface area contributed by atoms with Gasteiger partial charge < -0.3 is 9.88 Å². The van der Waals surface area contributed by atoms with Gasteiger partial charge in [0.25, 0.3) is 0 Å². The summed E-state index contributed by atoms with van der Waals surface area (Å²) in [6, 6.07) is 9.83. The maximum atomic E-state index is 13.1. The van der Waals surface area contributed by atoms with E-state index in [0.29, 0.717) is 19.0 Å². The molecule has 1 aromatic carbocycles. The summed E-state index contributed by atoms with van der Waals surface area (Å²) in [4.78, 5) is 17.3. The normalized spacial score (nSPS) is 15.3. The highest BCUT2D eigenvalue weighted by molar-refractivity contribution is 5.32. The van der Waals surface area contributed by atoms with E-state index < -0.39 is 0 Å². The number of nitrogens with one attached hydrogen (secondary N) is 1. The lowest BCUT2D eigenvalue weighted by atomic mass is 9.94. The van der Waals surface area contributed by atoms with Crippen molar-refractivity contribution in [2.45, 2.75) is 39.3 Å². The van der Waals surface area contributed by atoms with E-state index in [2.05, 4.69) is 10.3 Å². The van der Waals surface area contributed by atoms with E-state index in [1.54, 1.807) is 15.4 Å². The fourth-order valence-electron chi connectivity index (χ4n) is 3.75. The van der Waals surface area contributed by atoms with E-state index in [1.807, 2.05) is 48.0 Å². The van der Waals surface area contributed by atoms with Gasteiger partial charge in [0.05, 0.1) is 12.2 Å². The molecule has 1 fully saturated rings. The van der Waals surface area contributed by atoms with Crippen LogP contribution < -0.4 is 11.0 Å². The van der Waals surface area contributed by atoms with E-state index in [4.69, 9.17) is 5.10 Å². The lowest BCUT2D eigenvalue weighted by Gasteiger charge is -2.22. The molecule has 27 heavy (non-hydrogen) atoms. The smallest absolute Gasteiger partial charge is 0.333 e. The van der Waals surface area contributed by atoms with Gasteiger partial charge >= 0.3 is 5.69 Å². The van der Waals surface area contributed by atoms with Crippen LogP contribution in [0, 0.1) is 12.8 Å². The molecule has 142 valence electrons. The highest BCUT2D eigenvalue weighted by atomic mass is 16.2. The zero-order valence-electron chi connectivity index (χ0n) is 15.7. The van der Waals surface area contributed by atoms with Crippen LogP contribution in [0.1, 0.15) is 24.5 Å². The first-order valence-corrected chi connectivity index (χ1v) is 9.65. The molecule has 3 aromatic rings. The number of piperidine rings is 1. The molecule has 4 rings (SSSR count). The van der Waals surface area contributed by atoms with Gasteiger partial charge in [-0.3, -0.25) is 0 Å². The minimum absolute atomic E-state index is 0.0668. The Balaban J connectivity index is 1.63. The summed E-state index contributed by atoms with van der Waals surface area (Å²) in [5, 5.41) is 8.12. The molecule has 0 aliphatic carbocycles. The van der Waals surface area contributed by atoms with Crippen LogP contribution >= 0.6 is 0 Å². The highest BCUT2D eigenvalue weighted by Gasteiger charge is 2.20. The molecule has 1 aliphatic rings. The quantitative estimate of drug-likeness (QED) is 0.722. The fourth-order valence-corrected chi connectivity index (χ4v) is 3.75. The lowest BCUT2D eigenvalue weighted by molar-refractivity contribution is 0.364. The molecule has 0 radical (unpaired) electrons. The SMILES string of the molecule is Cc1nccn1CCn1nc(CC2CCNCC2)n(-c2ccccc2)c1=O. The number of imidazole rings is 1. The van der Waals surface area contributed by atoms with Crippen LogP contribution in [-0.2, 0) is 19.5 Å². The minimum Gasteiger partial charge on any atom is -0.333 e. The second-order valence-corrected chi connectivity index (χ2v) is 7.16. The average Bonchev–Trinajstić information content (AvgIpc) is 3.24. The minimum atomic E-state index is -0.0668. The summed E-state index contributed by atoms with van der Waals surface area (Å²) in [6.45, 7) is 5.27. The van der Waals surface area contributed by atoms with Crippen LogP contribution in [-0.4, -0.2) is 37.0 Å². The van der Waals surface area contributed by atoms with Crippen molar-refractivity contribution in [3.63, 3.8) is 0 Å². The van der Waals surface area contributed by atoms with Crippen molar-refractivity contribution in [3.05, 3.63) is 64.9 Å². The van der Waals surface area contributed by atoms with E-state index in [-0.39, 0.29) is 5.69 Å². The molecule has 0 atom stereocenters. The van der Waals surface area contributed by atoms with Crippen LogP contribution in [0.3, 0.4) is 0 Å². The first-order chi connectivity index (χ1) is 13.2. The molecular formula is C20H26N6O. The Bertz CT molecular complexity index is 933. The van der Waals surface area contributed by atoms with E-state index >= 15 is 0 Å². The summed E-state index contributed by atoms with van der Waals surface area (Å²) in [7, 11) is 0. The van der Waals surface area contributed by atoms with E-state index in [9.17, 15) is 4.79 Å². The lowest BCUT2D eigenvalue weighted by Crippen LogP contribution is -2.29. The van der Waals surface area contributed by atoms with Gasteiger partial charge in [-0.2, -0.15) is 5.10 Å². The number of para-hydroxylation sites is 1. The summed E-state index contributed by atoms with van der Waals surface area (Å²) >= 11 is 0. The largest absolute Gasteiger partial charge is 0.350 e. The zero-order chi connectivity index (χ0) is 18.6. The van der Waals surface area contributed by atoms with E-state index in [1.165, 1.54) is 0 Å². The van der Waals surface area contributed by atoms with Crippen molar-refractivity contribution in [2.24, 2.45) is 5.92 Å². The monoisotopic (exact) mass is 366 g/mol. The molecule has 0 unspecified atom stereocenters. The Morgan fingerprint density at radius 1 is 1.15 bits per heavy atom. The van der Waals surface area contributed by atoms with Gasteiger partial charge in [0.2, 0.25) is 0 Å². The predicted molar refractivity (Wildman–Crippen MR) is 104 cm³/mol. The summed E-state index contributed by atoms with van der Waals surface area (Å²) in [6.07, 6.45) is 6.81. The van der Waals surface area contributed by atoms with Gasteiger partial charge in [-0.05, 0) is 50.9 Å². The third-order valence-corrected chi connectivity index (χ3v) is 5.33. The molecule has 3 heterocycles. The molecule has 2 aromatic heterocycles. The number of benzene rings is 1. The van der Waals surface area contributed by atoms with E-state index in [0.717, 1.165) is 49.7 Å². The average molecular weight is 366 g/mol. The molecule has 1 N–H and O–H groups in total. The van der Waals surface area contributed by atoms with Crippen molar-refractivity contribution >= 4 is 0 Å². The van der Waals surface area contributed by atoms with Crippen molar-refractivity contribution in [3.8, 4) is 5.69 Å². The molecule has 0 spiro atoms. The van der Waals surface area contributed by atoms with Gasteiger partial charge in [-0.1, -0.05) is 18.2 Å². The Morgan fingerprint density at radius 2 is 1.93 bits per heavy atom. The first kappa shape index (κ1) is 17.7. The number of hydrogen-bond acceptors (Lipinski definition) is 4. The maximum absolute atomic E-state index is 13.1. The second kappa shape index (κ2) is 7.92. The Morgan fingerprint density at radius 3 is 2.63 bits per heavy atom. The first-order valence-electron chi connectivity index (χ1n) is 9.65. The van der Waals surface area contributed by atoms with Gasteiger partial charge in [-0.15, -0.1) is 0 Å². The Kier molecular flexibility index (Phi) is 5.20. The third-order valence-electron chi connectivity index (χ3n) is 5.33. The molecule has 1 aliphatic heterocycles. The number of aryl methyl sites for hydroxylation is 3. The van der Waals surface area contributed by atoms with Crippen LogP contribution in [0.2, 0.25) is 0 Å². The molecule has 7 nitrogen and oxygen atoms in total. The van der Waals surface area contributed by atoms with Crippen LogP contribution in [0.15, 0.2) is 47.5 Å². The van der Waals surface area contributed by atoms with Crippen molar-refractivity contribution in [1.29, 1.82) is 0 Å². The topological polar surface area (TPSA) is 69.7 Å². The fraction of sp³-hybridized carbons (Fsp3) is 0.450. The Hall–Kier alpha value is -2.67. The standard InChI is InChI=1S/C20H26N6O/c1-16-22-11-12-24(16)13-14-25-20(27)26(18-5-3-2-4-6-18)19(23-25)15-17-7-9-21-10-8-17/h2-6,11-12,17,21H,7-10,13-15H2,1H3. The van der Waals surface area contributed by atoms with Gasteiger partial charge in [0.15, 0.2) is 0 Å². The molecule has 0 amide bonds. The molecule has 0 bridgehead atoms. The molecule has 7 heteroatoms. The van der Waals surface area contributed by atoms with Gasteiger partial charge in [-0.25, -0.2) is 19.0 Å². The third kappa shape index (κ3) is 3.88. The summed E-state index contributed by atoms with van der Waals surface area (Å²) in [5.74, 6) is 2.38.